The molecule has 0 radical (unpaired) electrons. The predicted molar refractivity (Wildman–Crippen MR) is 104 cm³/mol. The number of hydrogen-bond acceptors (Lipinski definition) is 3. The van der Waals surface area contributed by atoms with Crippen LogP contribution in [-0.2, 0) is 5.54 Å². The highest BCUT2D eigenvalue weighted by Crippen LogP contribution is 2.43. The standard InChI is InChI=1S/C14H26B2N4.C3H8/c1-7-10-19-15(4)17(6)13-14(2,3)18-11-8-9-12(18)20(13)16(19)5;1-3-2/h8-9,11,13H,7,10H2,1-6H3;3H2,1-2H3. The van der Waals surface area contributed by atoms with Crippen LogP contribution in [-0.4, -0.2) is 47.8 Å². The van der Waals surface area contributed by atoms with Gasteiger partial charge in [-0.2, -0.15) is 0 Å². The maximum atomic E-state index is 2.61. The van der Waals surface area contributed by atoms with E-state index >= 15 is 0 Å². The first kappa shape index (κ1) is 18.5. The van der Waals surface area contributed by atoms with Crippen LogP contribution in [0.4, 0.5) is 5.82 Å². The van der Waals surface area contributed by atoms with Crippen LogP contribution in [0, 0.1) is 0 Å². The molecule has 0 amide bonds. The number of rotatable bonds is 2. The molecule has 1 saturated heterocycles. The van der Waals surface area contributed by atoms with Crippen molar-refractivity contribution in [1.29, 1.82) is 0 Å². The maximum Gasteiger partial charge on any atom is 0.331 e. The summed E-state index contributed by atoms with van der Waals surface area (Å²) in [6.07, 6.45) is 5.10. The van der Waals surface area contributed by atoms with Gasteiger partial charge in [-0.25, -0.2) is 0 Å². The van der Waals surface area contributed by atoms with Gasteiger partial charge in [0.25, 0.3) is 6.98 Å². The summed E-state index contributed by atoms with van der Waals surface area (Å²) >= 11 is 0. The van der Waals surface area contributed by atoms with Crippen molar-refractivity contribution in [3.63, 3.8) is 0 Å². The minimum atomic E-state index is 0.106. The normalized spacial score (nSPS) is 23.5. The van der Waals surface area contributed by atoms with Gasteiger partial charge in [0.2, 0.25) is 0 Å². The van der Waals surface area contributed by atoms with E-state index in [1.165, 1.54) is 18.7 Å². The second-order valence-corrected chi connectivity index (χ2v) is 7.55. The number of hydrogen-bond donors (Lipinski definition) is 0. The van der Waals surface area contributed by atoms with E-state index in [9.17, 15) is 0 Å². The molecule has 3 rings (SSSR count). The molecule has 0 saturated carbocycles. The fourth-order valence-electron chi connectivity index (χ4n) is 4.29. The highest BCUT2D eigenvalue weighted by molar-refractivity contribution is 6.73. The Balaban J connectivity index is 0.000000595. The Labute approximate surface area is 144 Å². The van der Waals surface area contributed by atoms with Crippen molar-refractivity contribution < 1.29 is 0 Å². The molecule has 4 nitrogen and oxygen atoms in total. The van der Waals surface area contributed by atoms with Crippen LogP contribution in [0.2, 0.25) is 13.6 Å². The largest absolute Gasteiger partial charge is 0.371 e. The van der Waals surface area contributed by atoms with Crippen LogP contribution >= 0.6 is 0 Å². The molecule has 2 aliphatic rings. The van der Waals surface area contributed by atoms with E-state index in [0.717, 1.165) is 6.54 Å². The van der Waals surface area contributed by atoms with Gasteiger partial charge in [0, 0.05) is 6.20 Å². The first-order valence-electron chi connectivity index (χ1n) is 9.26. The molecule has 0 aromatic carbocycles. The van der Waals surface area contributed by atoms with Crippen LogP contribution in [0.5, 0.6) is 0 Å². The molecular formula is C17H34B2N4. The number of likely N-dealkylation sites (N-methyl/N-ethyl adjacent to an activating group) is 1. The Morgan fingerprint density at radius 2 is 1.74 bits per heavy atom. The smallest absolute Gasteiger partial charge is 0.331 e. The highest BCUT2D eigenvalue weighted by Gasteiger charge is 2.55. The molecule has 23 heavy (non-hydrogen) atoms. The van der Waals surface area contributed by atoms with Crippen LogP contribution in [0.1, 0.15) is 47.5 Å². The molecule has 0 N–H and O–H groups in total. The lowest BCUT2D eigenvalue weighted by Gasteiger charge is -2.53. The Kier molecular flexibility index (Phi) is 5.57. The van der Waals surface area contributed by atoms with Gasteiger partial charge < -0.3 is 18.9 Å². The predicted octanol–water partition coefficient (Wildman–Crippen LogP) is 3.68. The Morgan fingerprint density at radius 3 is 2.30 bits per heavy atom. The molecule has 3 heterocycles. The van der Waals surface area contributed by atoms with E-state index in [-0.39, 0.29) is 5.54 Å². The van der Waals surface area contributed by atoms with Gasteiger partial charge in [0.1, 0.15) is 0 Å². The molecule has 0 spiro atoms. The fourth-order valence-corrected chi connectivity index (χ4v) is 4.29. The summed E-state index contributed by atoms with van der Waals surface area (Å²) in [6, 6.07) is 4.43. The maximum absolute atomic E-state index is 2.61. The highest BCUT2D eigenvalue weighted by atomic mass is 15.5. The third kappa shape index (κ3) is 2.85. The first-order chi connectivity index (χ1) is 10.8. The van der Waals surface area contributed by atoms with Gasteiger partial charge in [-0.15, -0.1) is 0 Å². The van der Waals surface area contributed by atoms with Crippen LogP contribution < -0.4 is 4.81 Å². The molecule has 128 valence electrons. The van der Waals surface area contributed by atoms with Gasteiger partial charge >= 0.3 is 6.98 Å². The first-order valence-corrected chi connectivity index (χ1v) is 9.26. The molecule has 1 atom stereocenters. The average molecular weight is 316 g/mol. The van der Waals surface area contributed by atoms with Crippen molar-refractivity contribution in [3.8, 4) is 0 Å². The second kappa shape index (κ2) is 6.94. The van der Waals surface area contributed by atoms with Crippen molar-refractivity contribution >= 4 is 19.8 Å². The fraction of sp³-hybridized carbons (Fsp3) is 0.765. The second-order valence-electron chi connectivity index (χ2n) is 7.55. The molecule has 1 fully saturated rings. The van der Waals surface area contributed by atoms with Gasteiger partial charge in [-0.3, -0.25) is 0 Å². The molecule has 6 heteroatoms. The van der Waals surface area contributed by atoms with Gasteiger partial charge in [-0.05, 0) is 46.0 Å². The lowest BCUT2D eigenvalue weighted by atomic mass is 9.56. The molecule has 0 bridgehead atoms. The average Bonchev–Trinajstić information content (AvgIpc) is 3.04. The van der Waals surface area contributed by atoms with Crippen molar-refractivity contribution in [2.45, 2.75) is 72.8 Å². The van der Waals surface area contributed by atoms with Crippen molar-refractivity contribution in [2.24, 2.45) is 0 Å². The summed E-state index contributed by atoms with van der Waals surface area (Å²) in [5, 5.41) is 0. The van der Waals surface area contributed by atoms with Crippen LogP contribution in [0.3, 0.4) is 0 Å². The molecule has 1 aromatic heterocycles. The van der Waals surface area contributed by atoms with Crippen molar-refractivity contribution in [1.82, 2.24) is 14.1 Å². The summed E-state index contributed by atoms with van der Waals surface area (Å²) in [4.78, 5) is 5.12. The molecule has 0 aliphatic carbocycles. The van der Waals surface area contributed by atoms with E-state index in [1.54, 1.807) is 0 Å². The Morgan fingerprint density at radius 1 is 1.13 bits per heavy atom. The zero-order valence-corrected chi connectivity index (χ0v) is 16.4. The molecular weight excluding hydrogens is 282 g/mol. The molecule has 1 unspecified atom stereocenters. The molecule has 1 aromatic rings. The monoisotopic (exact) mass is 316 g/mol. The van der Waals surface area contributed by atoms with Crippen LogP contribution in [0.15, 0.2) is 18.3 Å². The Hall–Kier alpha value is -0.870. The number of fused-ring (bicyclic) bond motifs is 3. The zero-order chi connectivity index (χ0) is 17.4. The van der Waals surface area contributed by atoms with E-state index < -0.39 is 0 Å². The van der Waals surface area contributed by atoms with E-state index in [2.05, 4.69) is 92.6 Å². The number of anilines is 1. The third-order valence-electron chi connectivity index (χ3n) is 5.33. The van der Waals surface area contributed by atoms with E-state index in [1.807, 2.05) is 0 Å². The lowest BCUT2D eigenvalue weighted by Crippen LogP contribution is -2.74. The number of nitrogens with zero attached hydrogens (tertiary/aromatic N) is 4. The lowest BCUT2D eigenvalue weighted by molar-refractivity contribution is 0.203. The van der Waals surface area contributed by atoms with Gasteiger partial charge in [0.15, 0.2) is 0 Å². The van der Waals surface area contributed by atoms with Gasteiger partial charge in [-0.1, -0.05) is 40.8 Å². The molecule has 2 aliphatic heterocycles. The third-order valence-corrected chi connectivity index (χ3v) is 5.33. The van der Waals surface area contributed by atoms with E-state index in [4.69, 9.17) is 0 Å². The Bertz CT molecular complexity index is 516. The number of aromatic nitrogens is 1. The summed E-state index contributed by atoms with van der Waals surface area (Å²) < 4.78 is 5.04. The minimum absolute atomic E-state index is 0.106. The van der Waals surface area contributed by atoms with Crippen molar-refractivity contribution in [2.75, 3.05) is 18.4 Å². The zero-order valence-electron chi connectivity index (χ0n) is 16.4. The van der Waals surface area contributed by atoms with E-state index in [0.29, 0.717) is 20.1 Å². The topological polar surface area (TPSA) is 14.7 Å². The summed E-state index contributed by atoms with van der Waals surface area (Å²) in [7, 11) is 2.27. The summed E-state index contributed by atoms with van der Waals surface area (Å²) in [5.74, 6) is 1.35. The quantitative estimate of drug-likeness (QED) is 0.774. The van der Waals surface area contributed by atoms with Crippen molar-refractivity contribution in [3.05, 3.63) is 18.3 Å². The minimum Gasteiger partial charge on any atom is -0.371 e. The van der Waals surface area contributed by atoms with Crippen LogP contribution in [0.25, 0.3) is 0 Å². The summed E-state index contributed by atoms with van der Waals surface area (Å²) in [6.45, 7) is 18.0. The SMILES string of the molecule is CCC.CCCN1B(C)N(C)C2N(B1C)c1cccn1C2(C)C. The van der Waals surface area contributed by atoms with Gasteiger partial charge in [0.05, 0.1) is 17.5 Å². The summed E-state index contributed by atoms with van der Waals surface area (Å²) in [5.41, 5.74) is 0.106.